The van der Waals surface area contributed by atoms with Crippen LogP contribution in [0.25, 0.3) is 0 Å². The van der Waals surface area contributed by atoms with Gasteiger partial charge in [-0.1, -0.05) is 12.1 Å². The molecule has 2 rings (SSSR count). The van der Waals surface area contributed by atoms with Gasteiger partial charge in [-0.3, -0.25) is 4.79 Å². The largest absolute Gasteiger partial charge is 0.490 e. The first-order valence-electron chi connectivity index (χ1n) is 6.81. The number of carbonyl (C=O) groups excluding carboxylic acids is 1. The Hall–Kier alpha value is -2.11. The van der Waals surface area contributed by atoms with Gasteiger partial charge in [0.05, 0.1) is 18.2 Å². The lowest BCUT2D eigenvalue weighted by Crippen LogP contribution is -2.39. The molecule has 0 aliphatic carbocycles. The van der Waals surface area contributed by atoms with Crippen molar-refractivity contribution < 1.29 is 23.8 Å². The molecule has 0 saturated carbocycles. The average molecular weight is 295 g/mol. The molecule has 21 heavy (non-hydrogen) atoms. The topological polar surface area (TPSA) is 66.8 Å². The van der Waals surface area contributed by atoms with Crippen LogP contribution in [0.4, 0.5) is 4.39 Å². The fourth-order valence-corrected chi connectivity index (χ4v) is 2.29. The third-order valence-corrected chi connectivity index (χ3v) is 3.37. The zero-order valence-electron chi connectivity index (χ0n) is 12.0. The van der Waals surface area contributed by atoms with E-state index in [1.165, 1.54) is 4.90 Å². The summed E-state index contributed by atoms with van der Waals surface area (Å²) in [4.78, 5) is 24.6. The second-order valence-corrected chi connectivity index (χ2v) is 5.41. The van der Waals surface area contributed by atoms with Crippen LogP contribution >= 0.6 is 0 Å². The lowest BCUT2D eigenvalue weighted by molar-refractivity contribution is -0.149. The molecule has 0 radical (unpaired) electrons. The molecule has 1 saturated heterocycles. The first-order chi connectivity index (χ1) is 9.83. The number of aliphatic carboxylic acids is 1. The van der Waals surface area contributed by atoms with Gasteiger partial charge in [0.15, 0.2) is 0 Å². The Bertz CT molecular complexity index is 560. The van der Waals surface area contributed by atoms with Crippen LogP contribution in [-0.2, 0) is 4.79 Å². The smallest absolute Gasteiger partial charge is 0.343 e. The number of carboxylic acids is 1. The Morgan fingerprint density at radius 2 is 2.05 bits per heavy atom. The van der Waals surface area contributed by atoms with Crippen LogP contribution in [0.15, 0.2) is 24.3 Å². The van der Waals surface area contributed by atoms with Crippen molar-refractivity contribution in [3.63, 3.8) is 0 Å². The minimum atomic E-state index is -2.36. The highest BCUT2D eigenvalue weighted by atomic mass is 19.1. The number of rotatable bonds is 4. The molecule has 1 atom stereocenters. The van der Waals surface area contributed by atoms with E-state index in [0.717, 1.165) is 0 Å². The van der Waals surface area contributed by atoms with Gasteiger partial charge in [0, 0.05) is 13.0 Å². The van der Waals surface area contributed by atoms with Crippen molar-refractivity contribution in [1.29, 1.82) is 0 Å². The van der Waals surface area contributed by atoms with Crippen molar-refractivity contribution in [2.75, 3.05) is 13.1 Å². The molecule has 114 valence electrons. The fourth-order valence-electron chi connectivity index (χ4n) is 2.29. The van der Waals surface area contributed by atoms with Gasteiger partial charge in [-0.2, -0.15) is 0 Å². The maximum Gasteiger partial charge on any atom is 0.343 e. The summed E-state index contributed by atoms with van der Waals surface area (Å²) in [6, 6.07) is 6.70. The quantitative estimate of drug-likeness (QED) is 0.924. The van der Waals surface area contributed by atoms with Gasteiger partial charge < -0.3 is 14.7 Å². The molecule has 6 heteroatoms. The molecule has 1 aromatic rings. The Labute approximate surface area is 122 Å². The van der Waals surface area contributed by atoms with E-state index in [2.05, 4.69) is 0 Å². The lowest BCUT2D eigenvalue weighted by Gasteiger charge is -2.20. The summed E-state index contributed by atoms with van der Waals surface area (Å²) in [5, 5.41) is 8.88. The number of halogens is 1. The molecule has 1 amide bonds. The van der Waals surface area contributed by atoms with Crippen LogP contribution in [0.2, 0.25) is 0 Å². The Morgan fingerprint density at radius 3 is 2.62 bits per heavy atom. The molecule has 1 aromatic carbocycles. The Balaban J connectivity index is 2.20. The van der Waals surface area contributed by atoms with Crippen LogP contribution in [0, 0.1) is 0 Å². The summed E-state index contributed by atoms with van der Waals surface area (Å²) in [6.45, 7) is 3.33. The summed E-state index contributed by atoms with van der Waals surface area (Å²) in [5.41, 5.74) is -2.04. The zero-order valence-corrected chi connectivity index (χ0v) is 12.0. The van der Waals surface area contributed by atoms with E-state index < -0.39 is 24.1 Å². The molecule has 1 aliphatic heterocycles. The summed E-state index contributed by atoms with van der Waals surface area (Å²) in [7, 11) is 0. The molecule has 1 unspecified atom stereocenters. The van der Waals surface area contributed by atoms with Gasteiger partial charge in [-0.05, 0) is 26.0 Å². The van der Waals surface area contributed by atoms with Crippen molar-refractivity contribution in [3.05, 3.63) is 29.8 Å². The van der Waals surface area contributed by atoms with E-state index in [4.69, 9.17) is 9.84 Å². The number of amides is 1. The number of ether oxygens (including phenoxy) is 1. The summed E-state index contributed by atoms with van der Waals surface area (Å²) >= 11 is 0. The van der Waals surface area contributed by atoms with Gasteiger partial charge in [0.25, 0.3) is 5.91 Å². The number of hydrogen-bond acceptors (Lipinski definition) is 3. The lowest BCUT2D eigenvalue weighted by atomic mass is 10.1. The maximum atomic E-state index is 14.0. The van der Waals surface area contributed by atoms with Gasteiger partial charge in [0.2, 0.25) is 5.67 Å². The number of carbonyl (C=O) groups is 2. The normalized spacial score (nSPS) is 21.6. The maximum absolute atomic E-state index is 14.0. The van der Waals surface area contributed by atoms with Crippen molar-refractivity contribution in [2.24, 2.45) is 0 Å². The van der Waals surface area contributed by atoms with E-state index in [-0.39, 0.29) is 19.1 Å². The molecule has 0 bridgehead atoms. The highest BCUT2D eigenvalue weighted by Gasteiger charge is 2.47. The molecule has 5 nitrogen and oxygen atoms in total. The summed E-state index contributed by atoms with van der Waals surface area (Å²) < 4.78 is 19.6. The number of nitrogens with zero attached hydrogens (tertiary/aromatic N) is 1. The summed E-state index contributed by atoms with van der Waals surface area (Å²) in [5.74, 6) is -1.51. The SMILES string of the molecule is CC(C)Oc1ccccc1C(=O)N1CCC(F)(C(=O)O)C1. The van der Waals surface area contributed by atoms with Gasteiger partial charge >= 0.3 is 5.97 Å². The number of hydrogen-bond donors (Lipinski definition) is 1. The zero-order chi connectivity index (χ0) is 15.6. The number of para-hydroxylation sites is 1. The van der Waals surface area contributed by atoms with Crippen LogP contribution in [0.3, 0.4) is 0 Å². The van der Waals surface area contributed by atoms with Gasteiger partial charge in [-0.25, -0.2) is 9.18 Å². The molecular weight excluding hydrogens is 277 g/mol. The third kappa shape index (κ3) is 3.15. The second kappa shape index (κ2) is 5.71. The molecular formula is C15H18FNO4. The van der Waals surface area contributed by atoms with Crippen LogP contribution in [0.5, 0.6) is 5.75 Å². The molecule has 0 spiro atoms. The predicted molar refractivity (Wildman–Crippen MR) is 74.2 cm³/mol. The number of benzene rings is 1. The van der Waals surface area contributed by atoms with Crippen LogP contribution in [-0.4, -0.2) is 46.7 Å². The van der Waals surface area contributed by atoms with Crippen molar-refractivity contribution >= 4 is 11.9 Å². The fraction of sp³-hybridized carbons (Fsp3) is 0.467. The molecule has 1 N–H and O–H groups in total. The highest BCUT2D eigenvalue weighted by molar-refractivity contribution is 5.97. The van der Waals surface area contributed by atoms with Crippen molar-refractivity contribution in [3.8, 4) is 5.75 Å². The first kappa shape index (κ1) is 15.3. The Morgan fingerprint density at radius 1 is 1.38 bits per heavy atom. The molecule has 1 fully saturated rings. The molecule has 1 heterocycles. The van der Waals surface area contributed by atoms with Crippen molar-refractivity contribution in [2.45, 2.75) is 32.0 Å². The van der Waals surface area contributed by atoms with E-state index >= 15 is 0 Å². The minimum absolute atomic E-state index is 0.0810. The van der Waals surface area contributed by atoms with Crippen LogP contribution < -0.4 is 4.74 Å². The monoisotopic (exact) mass is 295 g/mol. The highest BCUT2D eigenvalue weighted by Crippen LogP contribution is 2.29. The second-order valence-electron chi connectivity index (χ2n) is 5.41. The average Bonchev–Trinajstić information content (AvgIpc) is 2.82. The number of carboxylic acid groups (broad SMARTS) is 1. The van der Waals surface area contributed by atoms with E-state index in [1.807, 2.05) is 13.8 Å². The van der Waals surface area contributed by atoms with E-state index in [9.17, 15) is 14.0 Å². The Kier molecular flexibility index (Phi) is 4.16. The standard InChI is InChI=1S/C15H18FNO4/c1-10(2)21-12-6-4-3-5-11(12)13(18)17-8-7-15(16,9-17)14(19)20/h3-6,10H,7-9H2,1-2H3,(H,19,20). The van der Waals surface area contributed by atoms with Gasteiger partial charge in [0.1, 0.15) is 5.75 Å². The first-order valence-corrected chi connectivity index (χ1v) is 6.81. The predicted octanol–water partition coefficient (Wildman–Crippen LogP) is 2.11. The molecule has 1 aliphatic rings. The third-order valence-electron chi connectivity index (χ3n) is 3.37. The van der Waals surface area contributed by atoms with E-state index in [1.54, 1.807) is 24.3 Å². The number of likely N-dealkylation sites (tertiary alicyclic amines) is 1. The summed E-state index contributed by atoms with van der Waals surface area (Å²) in [6.07, 6.45) is -0.293. The minimum Gasteiger partial charge on any atom is -0.490 e. The van der Waals surface area contributed by atoms with E-state index in [0.29, 0.717) is 11.3 Å². The van der Waals surface area contributed by atoms with Crippen molar-refractivity contribution in [1.82, 2.24) is 4.90 Å². The molecule has 0 aromatic heterocycles. The number of alkyl halides is 1. The van der Waals surface area contributed by atoms with Crippen LogP contribution in [0.1, 0.15) is 30.6 Å². The van der Waals surface area contributed by atoms with Gasteiger partial charge in [-0.15, -0.1) is 0 Å².